The highest BCUT2D eigenvalue weighted by atomic mass is 16.6. The molecule has 10 nitrogen and oxygen atoms in total. The van der Waals surface area contributed by atoms with Crippen molar-refractivity contribution >= 4 is 23.0 Å². The third-order valence-corrected chi connectivity index (χ3v) is 2.78. The summed E-state index contributed by atoms with van der Waals surface area (Å²) in [5, 5.41) is 55.1. The standard InChI is InChI=1S/C13H9N3O7/c17-9-5-8(13(20)21)10(12(19)11(9)18)15-14-6-1-3-7(4-2-6)16(22)23/h1-5,17-19H,(H,20,21). The number of phenolic OH excluding ortho intramolecular Hbond substituents is 3. The van der Waals surface area contributed by atoms with Gasteiger partial charge < -0.3 is 20.4 Å². The number of benzene rings is 2. The van der Waals surface area contributed by atoms with Crippen LogP contribution in [0.4, 0.5) is 17.1 Å². The van der Waals surface area contributed by atoms with Gasteiger partial charge in [0.05, 0.1) is 16.2 Å². The number of hydrogen-bond acceptors (Lipinski definition) is 8. The van der Waals surface area contributed by atoms with Gasteiger partial charge in [-0.05, 0) is 12.1 Å². The largest absolute Gasteiger partial charge is 0.504 e. The molecule has 118 valence electrons. The van der Waals surface area contributed by atoms with Gasteiger partial charge in [0.1, 0.15) is 5.69 Å². The van der Waals surface area contributed by atoms with Crippen molar-refractivity contribution in [1.82, 2.24) is 0 Å². The Morgan fingerprint density at radius 2 is 1.65 bits per heavy atom. The molecule has 0 aliphatic carbocycles. The molecule has 0 aromatic heterocycles. The second-order valence-electron chi connectivity index (χ2n) is 4.27. The molecule has 0 aliphatic rings. The summed E-state index contributed by atoms with van der Waals surface area (Å²) in [6.45, 7) is 0. The molecular formula is C13H9N3O7. The number of rotatable bonds is 4. The Bertz CT molecular complexity index is 815. The minimum atomic E-state index is -1.51. The number of carbonyl (C=O) groups is 1. The van der Waals surface area contributed by atoms with E-state index in [4.69, 9.17) is 5.11 Å². The molecule has 2 aromatic rings. The van der Waals surface area contributed by atoms with E-state index in [1.54, 1.807) is 0 Å². The van der Waals surface area contributed by atoms with Crippen molar-refractivity contribution in [3.8, 4) is 17.2 Å². The summed E-state index contributed by atoms with van der Waals surface area (Å²) in [5.74, 6) is -4.22. The lowest BCUT2D eigenvalue weighted by atomic mass is 10.1. The number of azo groups is 1. The number of carboxylic acid groups (broad SMARTS) is 1. The van der Waals surface area contributed by atoms with Gasteiger partial charge in [-0.1, -0.05) is 0 Å². The Morgan fingerprint density at radius 1 is 1.04 bits per heavy atom. The molecule has 0 atom stereocenters. The lowest BCUT2D eigenvalue weighted by molar-refractivity contribution is -0.384. The molecule has 0 bridgehead atoms. The van der Waals surface area contributed by atoms with Crippen molar-refractivity contribution in [3.05, 3.63) is 46.0 Å². The molecule has 2 rings (SSSR count). The van der Waals surface area contributed by atoms with Crippen molar-refractivity contribution in [2.75, 3.05) is 0 Å². The molecule has 0 radical (unpaired) electrons. The Kier molecular flexibility index (Phi) is 4.07. The van der Waals surface area contributed by atoms with Gasteiger partial charge in [-0.3, -0.25) is 10.1 Å². The van der Waals surface area contributed by atoms with Crippen molar-refractivity contribution in [3.63, 3.8) is 0 Å². The van der Waals surface area contributed by atoms with E-state index >= 15 is 0 Å². The normalized spacial score (nSPS) is 10.8. The molecule has 2 aromatic carbocycles. The van der Waals surface area contributed by atoms with Crippen molar-refractivity contribution in [2.24, 2.45) is 10.2 Å². The first-order chi connectivity index (χ1) is 10.8. The summed E-state index contributed by atoms with van der Waals surface area (Å²) < 4.78 is 0. The lowest BCUT2D eigenvalue weighted by Gasteiger charge is -2.06. The zero-order valence-corrected chi connectivity index (χ0v) is 11.2. The number of hydrogen-bond donors (Lipinski definition) is 4. The first-order valence-electron chi connectivity index (χ1n) is 5.98. The number of non-ortho nitro benzene ring substituents is 1. The van der Waals surface area contributed by atoms with Crippen LogP contribution in [0, 0.1) is 10.1 Å². The average molecular weight is 319 g/mol. The summed E-state index contributed by atoms with van der Waals surface area (Å²) in [6, 6.07) is 5.57. The highest BCUT2D eigenvalue weighted by molar-refractivity contribution is 5.96. The van der Waals surface area contributed by atoms with Crippen LogP contribution in [-0.2, 0) is 0 Å². The Labute approximate surface area is 127 Å². The molecule has 0 spiro atoms. The van der Waals surface area contributed by atoms with E-state index in [1.165, 1.54) is 24.3 Å². The van der Waals surface area contributed by atoms with Crippen LogP contribution in [0.25, 0.3) is 0 Å². The van der Waals surface area contributed by atoms with E-state index in [9.17, 15) is 30.2 Å². The monoisotopic (exact) mass is 319 g/mol. The molecule has 0 aliphatic heterocycles. The third-order valence-electron chi connectivity index (χ3n) is 2.78. The number of phenols is 3. The fraction of sp³-hybridized carbons (Fsp3) is 0. The number of aromatic hydroxyl groups is 3. The summed E-state index contributed by atoms with van der Waals surface area (Å²) in [6.07, 6.45) is 0. The molecule has 0 saturated carbocycles. The maximum atomic E-state index is 11.1. The summed E-state index contributed by atoms with van der Waals surface area (Å²) in [7, 11) is 0. The van der Waals surface area contributed by atoms with Crippen LogP contribution in [0.2, 0.25) is 0 Å². The maximum Gasteiger partial charge on any atom is 0.338 e. The van der Waals surface area contributed by atoms with E-state index in [1.807, 2.05) is 0 Å². The molecular weight excluding hydrogens is 310 g/mol. The van der Waals surface area contributed by atoms with Crippen LogP contribution in [0.15, 0.2) is 40.6 Å². The number of nitrogens with zero attached hydrogens (tertiary/aromatic N) is 3. The highest BCUT2D eigenvalue weighted by Crippen LogP contribution is 2.45. The molecule has 10 heteroatoms. The Balaban J connectivity index is 2.44. The molecule has 0 fully saturated rings. The van der Waals surface area contributed by atoms with Gasteiger partial charge in [0.25, 0.3) is 5.69 Å². The van der Waals surface area contributed by atoms with Gasteiger partial charge in [-0.15, -0.1) is 5.11 Å². The first-order valence-corrected chi connectivity index (χ1v) is 5.98. The minimum absolute atomic E-state index is 0.152. The maximum absolute atomic E-state index is 11.1. The highest BCUT2D eigenvalue weighted by Gasteiger charge is 2.21. The number of carboxylic acids is 1. The van der Waals surface area contributed by atoms with Gasteiger partial charge in [0.15, 0.2) is 11.5 Å². The van der Waals surface area contributed by atoms with E-state index < -0.39 is 39.4 Å². The van der Waals surface area contributed by atoms with Crippen molar-refractivity contribution < 1.29 is 30.1 Å². The molecule has 0 saturated heterocycles. The lowest BCUT2D eigenvalue weighted by Crippen LogP contribution is -1.96. The van der Waals surface area contributed by atoms with Gasteiger partial charge in [-0.2, -0.15) is 5.11 Å². The quantitative estimate of drug-likeness (QED) is 0.291. The molecule has 4 N–H and O–H groups in total. The SMILES string of the molecule is O=C(O)c1cc(O)c(O)c(O)c1N=Nc1ccc([N+](=O)[O-])cc1. The topological polar surface area (TPSA) is 166 Å². The van der Waals surface area contributed by atoms with Gasteiger partial charge in [-0.25, -0.2) is 4.79 Å². The van der Waals surface area contributed by atoms with Crippen molar-refractivity contribution in [2.45, 2.75) is 0 Å². The molecule has 23 heavy (non-hydrogen) atoms. The van der Waals surface area contributed by atoms with Gasteiger partial charge in [0, 0.05) is 18.2 Å². The van der Waals surface area contributed by atoms with E-state index in [2.05, 4.69) is 10.2 Å². The zero-order valence-electron chi connectivity index (χ0n) is 11.2. The average Bonchev–Trinajstić information content (AvgIpc) is 2.51. The van der Waals surface area contributed by atoms with Crippen LogP contribution >= 0.6 is 0 Å². The second kappa shape index (κ2) is 5.97. The first kappa shape index (κ1) is 15.7. The Morgan fingerprint density at radius 3 is 2.17 bits per heavy atom. The van der Waals surface area contributed by atoms with E-state index in [0.717, 1.165) is 0 Å². The van der Waals surface area contributed by atoms with Crippen LogP contribution in [0.3, 0.4) is 0 Å². The predicted octanol–water partition coefficient (Wildman–Crippen LogP) is 2.83. The summed E-state index contributed by atoms with van der Waals surface area (Å²) >= 11 is 0. The molecule has 0 amide bonds. The van der Waals surface area contributed by atoms with Crippen molar-refractivity contribution in [1.29, 1.82) is 0 Å². The summed E-state index contributed by atoms with van der Waals surface area (Å²) in [4.78, 5) is 21.0. The minimum Gasteiger partial charge on any atom is -0.504 e. The van der Waals surface area contributed by atoms with Crippen LogP contribution in [0.1, 0.15) is 10.4 Å². The molecule has 0 unspecified atom stereocenters. The predicted molar refractivity (Wildman–Crippen MR) is 75.7 cm³/mol. The zero-order chi connectivity index (χ0) is 17.1. The van der Waals surface area contributed by atoms with Gasteiger partial charge >= 0.3 is 5.97 Å². The fourth-order valence-electron chi connectivity index (χ4n) is 1.65. The third kappa shape index (κ3) is 3.15. The van der Waals surface area contributed by atoms with E-state index in [-0.39, 0.29) is 11.4 Å². The number of nitro benzene ring substituents is 1. The summed E-state index contributed by atoms with van der Waals surface area (Å²) in [5.41, 5.74) is -1.16. The number of aromatic carboxylic acids is 1. The smallest absolute Gasteiger partial charge is 0.338 e. The van der Waals surface area contributed by atoms with Crippen LogP contribution in [-0.4, -0.2) is 31.3 Å². The van der Waals surface area contributed by atoms with Crippen LogP contribution < -0.4 is 0 Å². The Hall–Kier alpha value is -3.69. The van der Waals surface area contributed by atoms with E-state index in [0.29, 0.717) is 6.07 Å². The second-order valence-corrected chi connectivity index (χ2v) is 4.27. The van der Waals surface area contributed by atoms with Gasteiger partial charge in [0.2, 0.25) is 5.75 Å². The fourth-order valence-corrected chi connectivity index (χ4v) is 1.65. The van der Waals surface area contributed by atoms with Crippen LogP contribution in [0.5, 0.6) is 17.2 Å². The molecule has 0 heterocycles. The number of nitro groups is 1.